The monoisotopic (exact) mass is 224 g/mol. The van der Waals surface area contributed by atoms with E-state index < -0.39 is 0 Å². The summed E-state index contributed by atoms with van der Waals surface area (Å²) in [5, 5.41) is 3.14. The largest absolute Gasteiger partial charge is 0.355 e. The lowest BCUT2D eigenvalue weighted by Crippen LogP contribution is -2.51. The summed E-state index contributed by atoms with van der Waals surface area (Å²) in [6.45, 7) is 3.64. The van der Waals surface area contributed by atoms with Crippen molar-refractivity contribution in [2.24, 2.45) is 16.6 Å². The zero-order chi connectivity index (χ0) is 11.6. The minimum absolute atomic E-state index is 0.203. The number of rotatable bonds is 4. The highest BCUT2D eigenvalue weighted by molar-refractivity contribution is 5.83. The van der Waals surface area contributed by atoms with Crippen LogP contribution in [0.3, 0.4) is 0 Å². The van der Waals surface area contributed by atoms with E-state index in [2.05, 4.69) is 12.2 Å². The van der Waals surface area contributed by atoms with Gasteiger partial charge in [0.2, 0.25) is 5.91 Å². The lowest BCUT2D eigenvalue weighted by atomic mass is 9.68. The fourth-order valence-corrected chi connectivity index (χ4v) is 3.01. The van der Waals surface area contributed by atoms with Gasteiger partial charge in [0, 0.05) is 13.1 Å². The van der Waals surface area contributed by atoms with Crippen LogP contribution in [-0.2, 0) is 4.79 Å². The number of hydrogen-bond acceptors (Lipinski definition) is 2. The van der Waals surface area contributed by atoms with E-state index in [-0.39, 0.29) is 11.3 Å². The highest BCUT2D eigenvalue weighted by Crippen LogP contribution is 2.41. The summed E-state index contributed by atoms with van der Waals surface area (Å²) < 4.78 is 0. The molecule has 0 saturated heterocycles. The van der Waals surface area contributed by atoms with Crippen LogP contribution in [0, 0.1) is 10.8 Å². The predicted molar refractivity (Wildman–Crippen MR) is 64.9 cm³/mol. The van der Waals surface area contributed by atoms with Gasteiger partial charge < -0.3 is 11.1 Å². The SMILES string of the molecule is CC1(CNC(=O)C2(CN)CCC2)CCCC1. The molecule has 1 amide bonds. The van der Waals surface area contributed by atoms with Crippen LogP contribution in [-0.4, -0.2) is 19.0 Å². The van der Waals surface area contributed by atoms with Crippen LogP contribution >= 0.6 is 0 Å². The number of amides is 1. The van der Waals surface area contributed by atoms with Crippen LogP contribution in [0.5, 0.6) is 0 Å². The van der Waals surface area contributed by atoms with Gasteiger partial charge in [-0.2, -0.15) is 0 Å². The summed E-state index contributed by atoms with van der Waals surface area (Å²) >= 11 is 0. The van der Waals surface area contributed by atoms with E-state index in [1.165, 1.54) is 25.7 Å². The van der Waals surface area contributed by atoms with Gasteiger partial charge in [0.1, 0.15) is 0 Å². The van der Waals surface area contributed by atoms with E-state index >= 15 is 0 Å². The van der Waals surface area contributed by atoms with Crippen molar-refractivity contribution in [3.05, 3.63) is 0 Å². The minimum Gasteiger partial charge on any atom is -0.355 e. The van der Waals surface area contributed by atoms with Crippen molar-refractivity contribution in [1.82, 2.24) is 5.32 Å². The van der Waals surface area contributed by atoms with Crippen molar-refractivity contribution in [3.63, 3.8) is 0 Å². The number of nitrogens with one attached hydrogen (secondary N) is 1. The molecule has 3 N–H and O–H groups in total. The molecule has 0 spiro atoms. The summed E-state index contributed by atoms with van der Waals surface area (Å²) in [5.41, 5.74) is 5.85. The van der Waals surface area contributed by atoms with Crippen molar-refractivity contribution < 1.29 is 4.79 Å². The topological polar surface area (TPSA) is 55.1 Å². The van der Waals surface area contributed by atoms with Gasteiger partial charge in [0.05, 0.1) is 5.41 Å². The maximum Gasteiger partial charge on any atom is 0.227 e. The van der Waals surface area contributed by atoms with E-state index in [0.29, 0.717) is 12.0 Å². The Bertz CT molecular complexity index is 260. The summed E-state index contributed by atoms with van der Waals surface area (Å²) in [7, 11) is 0. The third-order valence-corrected chi connectivity index (χ3v) is 4.67. The maximum absolute atomic E-state index is 12.1. The molecule has 16 heavy (non-hydrogen) atoms. The summed E-state index contributed by atoms with van der Waals surface area (Å²) in [6.07, 6.45) is 8.24. The number of carbonyl (C=O) groups is 1. The van der Waals surface area contributed by atoms with Crippen molar-refractivity contribution in [3.8, 4) is 0 Å². The maximum atomic E-state index is 12.1. The minimum atomic E-state index is -0.213. The Morgan fingerprint density at radius 3 is 2.25 bits per heavy atom. The highest BCUT2D eigenvalue weighted by Gasteiger charge is 2.43. The first kappa shape index (κ1) is 11.9. The Morgan fingerprint density at radius 2 is 1.81 bits per heavy atom. The van der Waals surface area contributed by atoms with Crippen LogP contribution in [0.4, 0.5) is 0 Å². The molecule has 0 aromatic carbocycles. The van der Waals surface area contributed by atoms with E-state index in [1.807, 2.05) is 0 Å². The molecule has 2 fully saturated rings. The lowest BCUT2D eigenvalue weighted by molar-refractivity contribution is -0.135. The molecule has 0 heterocycles. The van der Waals surface area contributed by atoms with Gasteiger partial charge in [-0.3, -0.25) is 4.79 Å². The Kier molecular flexibility index (Phi) is 3.24. The molecule has 0 aromatic rings. The molecule has 3 heteroatoms. The molecule has 2 aliphatic carbocycles. The summed E-state index contributed by atoms with van der Waals surface area (Å²) in [4.78, 5) is 12.1. The molecule has 0 aliphatic heterocycles. The van der Waals surface area contributed by atoms with E-state index in [9.17, 15) is 4.79 Å². The number of hydrogen-bond donors (Lipinski definition) is 2. The first-order valence-corrected chi connectivity index (χ1v) is 6.59. The van der Waals surface area contributed by atoms with Gasteiger partial charge in [0.25, 0.3) is 0 Å². The van der Waals surface area contributed by atoms with Crippen LogP contribution < -0.4 is 11.1 Å². The van der Waals surface area contributed by atoms with Crippen LogP contribution in [0.1, 0.15) is 51.9 Å². The zero-order valence-electron chi connectivity index (χ0n) is 10.3. The van der Waals surface area contributed by atoms with Gasteiger partial charge in [-0.1, -0.05) is 26.2 Å². The average molecular weight is 224 g/mol. The average Bonchev–Trinajstić information content (AvgIpc) is 2.62. The molecule has 2 saturated carbocycles. The first-order chi connectivity index (χ1) is 7.60. The highest BCUT2D eigenvalue weighted by atomic mass is 16.2. The molecular weight excluding hydrogens is 200 g/mol. The fraction of sp³-hybridized carbons (Fsp3) is 0.923. The summed E-state index contributed by atoms with van der Waals surface area (Å²) in [5.74, 6) is 0.203. The fourth-order valence-electron chi connectivity index (χ4n) is 3.01. The van der Waals surface area contributed by atoms with Gasteiger partial charge >= 0.3 is 0 Å². The zero-order valence-corrected chi connectivity index (χ0v) is 10.3. The smallest absolute Gasteiger partial charge is 0.227 e. The Hall–Kier alpha value is -0.570. The molecule has 0 radical (unpaired) electrons. The second-order valence-corrected chi connectivity index (χ2v) is 6.04. The van der Waals surface area contributed by atoms with E-state index in [4.69, 9.17) is 5.73 Å². The quantitative estimate of drug-likeness (QED) is 0.765. The van der Waals surface area contributed by atoms with Crippen LogP contribution in [0.15, 0.2) is 0 Å². The molecule has 0 unspecified atom stereocenters. The molecule has 0 aromatic heterocycles. The molecule has 2 aliphatic rings. The lowest BCUT2D eigenvalue weighted by Gasteiger charge is -2.40. The van der Waals surface area contributed by atoms with Crippen molar-refractivity contribution in [2.45, 2.75) is 51.9 Å². The van der Waals surface area contributed by atoms with Crippen molar-refractivity contribution >= 4 is 5.91 Å². The Labute approximate surface area is 98.2 Å². The molecule has 2 rings (SSSR count). The van der Waals surface area contributed by atoms with E-state index in [0.717, 1.165) is 25.8 Å². The van der Waals surface area contributed by atoms with Gasteiger partial charge in [-0.15, -0.1) is 0 Å². The van der Waals surface area contributed by atoms with Crippen LogP contribution in [0.25, 0.3) is 0 Å². The second-order valence-electron chi connectivity index (χ2n) is 6.04. The van der Waals surface area contributed by atoms with Crippen molar-refractivity contribution in [2.75, 3.05) is 13.1 Å². The first-order valence-electron chi connectivity index (χ1n) is 6.59. The standard InChI is InChI=1S/C13H24N2O/c1-12(5-2-3-6-12)10-15-11(16)13(9-14)7-4-8-13/h2-10,14H2,1H3,(H,15,16). The number of nitrogens with two attached hydrogens (primary N) is 1. The Balaban J connectivity index is 1.83. The Morgan fingerprint density at radius 1 is 1.19 bits per heavy atom. The van der Waals surface area contributed by atoms with Crippen LogP contribution in [0.2, 0.25) is 0 Å². The molecular formula is C13H24N2O. The van der Waals surface area contributed by atoms with Gasteiger partial charge in [-0.05, 0) is 31.1 Å². The molecule has 3 nitrogen and oxygen atoms in total. The predicted octanol–water partition coefficient (Wildman–Crippen LogP) is 1.81. The third kappa shape index (κ3) is 2.10. The number of carbonyl (C=O) groups excluding carboxylic acids is 1. The molecule has 0 atom stereocenters. The molecule has 92 valence electrons. The summed E-state index contributed by atoms with van der Waals surface area (Å²) in [6, 6.07) is 0. The third-order valence-electron chi connectivity index (χ3n) is 4.67. The second kappa shape index (κ2) is 4.36. The van der Waals surface area contributed by atoms with Gasteiger partial charge in [0.15, 0.2) is 0 Å². The van der Waals surface area contributed by atoms with E-state index in [1.54, 1.807) is 0 Å². The normalized spacial score (nSPS) is 26.1. The van der Waals surface area contributed by atoms with Gasteiger partial charge in [-0.25, -0.2) is 0 Å². The van der Waals surface area contributed by atoms with Crippen molar-refractivity contribution in [1.29, 1.82) is 0 Å². The molecule has 0 bridgehead atoms.